The second-order valence-corrected chi connectivity index (χ2v) is 9.93. The first kappa shape index (κ1) is 24.4. The van der Waals surface area contributed by atoms with Crippen LogP contribution in [0.1, 0.15) is 23.6 Å². The molecule has 0 saturated heterocycles. The van der Waals surface area contributed by atoms with E-state index < -0.39 is 0 Å². The molecule has 0 saturated carbocycles. The van der Waals surface area contributed by atoms with Crippen LogP contribution in [0.15, 0.2) is 72.0 Å². The predicted octanol–water partition coefficient (Wildman–Crippen LogP) is 6.47. The van der Waals surface area contributed by atoms with Crippen LogP contribution in [0, 0.1) is 0 Å². The Bertz CT molecular complexity index is 1710. The summed E-state index contributed by atoms with van der Waals surface area (Å²) >= 11 is 13.6. The number of fused-ring (bicyclic) bond motifs is 3. The molecule has 0 aliphatic heterocycles. The Balaban J connectivity index is 1.56. The molecule has 0 fully saturated rings. The lowest BCUT2D eigenvalue weighted by molar-refractivity contribution is 0.267. The van der Waals surface area contributed by atoms with Crippen LogP contribution < -0.4 is 19.6 Å². The molecule has 0 N–H and O–H groups in total. The Hall–Kier alpha value is -3.32. The number of allylic oxidation sites excluding steroid dienone is 1. The third-order valence-electron chi connectivity index (χ3n) is 5.63. The number of aromatic nitrogens is 2. The summed E-state index contributed by atoms with van der Waals surface area (Å²) in [5, 5.41) is 0.969. The molecular formula is C28H22Cl2N2O3S. The minimum absolute atomic E-state index is 0.0909. The number of para-hydroxylation sites is 2. The summed E-state index contributed by atoms with van der Waals surface area (Å²) in [6, 6.07) is 16.9. The molecule has 8 heteroatoms. The zero-order valence-corrected chi connectivity index (χ0v) is 21.8. The van der Waals surface area contributed by atoms with Gasteiger partial charge in [-0.2, -0.15) is 0 Å². The van der Waals surface area contributed by atoms with E-state index in [1.807, 2.05) is 61.5 Å². The summed E-state index contributed by atoms with van der Waals surface area (Å²) in [5.74, 6) is 1.23. The van der Waals surface area contributed by atoms with Gasteiger partial charge in [0, 0.05) is 5.56 Å². The molecule has 2 aromatic heterocycles. The standard InChI is InChI=1S/C28H22Cl2N2O3S/c1-3-7-19-12-18(15-25-27(33)32-23-9-6-5-8-22(23)31-28(32)36-25)14-24(34-4-2)26(19)35-16-17-10-11-20(29)21(30)13-17/h3,5-6,8-15H,1,4,7,16H2,2H3. The Morgan fingerprint density at radius 1 is 1.08 bits per heavy atom. The van der Waals surface area contributed by atoms with Gasteiger partial charge < -0.3 is 9.47 Å². The Morgan fingerprint density at radius 3 is 2.69 bits per heavy atom. The third-order valence-corrected chi connectivity index (χ3v) is 7.34. The number of thiazole rings is 1. The molecule has 0 aliphatic rings. The molecule has 0 atom stereocenters. The van der Waals surface area contributed by atoms with E-state index in [-0.39, 0.29) is 5.56 Å². The highest BCUT2D eigenvalue weighted by atomic mass is 35.5. The number of hydrogen-bond acceptors (Lipinski definition) is 5. The van der Waals surface area contributed by atoms with Crippen molar-refractivity contribution in [3.05, 3.63) is 109 Å². The van der Waals surface area contributed by atoms with Gasteiger partial charge in [-0.05, 0) is 66.9 Å². The minimum atomic E-state index is -0.0909. The molecule has 3 aromatic carbocycles. The van der Waals surface area contributed by atoms with E-state index in [0.717, 1.165) is 27.7 Å². The number of imidazole rings is 1. The van der Waals surface area contributed by atoms with E-state index in [1.54, 1.807) is 16.5 Å². The lowest BCUT2D eigenvalue weighted by Gasteiger charge is -2.17. The molecule has 182 valence electrons. The van der Waals surface area contributed by atoms with Crippen molar-refractivity contribution >= 4 is 56.6 Å². The quantitative estimate of drug-likeness (QED) is 0.213. The summed E-state index contributed by atoms with van der Waals surface area (Å²) in [6.07, 6.45) is 4.25. The van der Waals surface area contributed by atoms with E-state index >= 15 is 0 Å². The van der Waals surface area contributed by atoms with Crippen molar-refractivity contribution < 1.29 is 9.47 Å². The van der Waals surface area contributed by atoms with Crippen molar-refractivity contribution in [1.29, 1.82) is 0 Å². The van der Waals surface area contributed by atoms with Gasteiger partial charge in [0.15, 0.2) is 16.5 Å². The molecule has 36 heavy (non-hydrogen) atoms. The molecule has 0 spiro atoms. The lowest BCUT2D eigenvalue weighted by atomic mass is 10.1. The molecule has 2 heterocycles. The summed E-state index contributed by atoms with van der Waals surface area (Å²) < 4.78 is 14.4. The molecule has 0 unspecified atom stereocenters. The van der Waals surface area contributed by atoms with Gasteiger partial charge in [-0.15, -0.1) is 6.58 Å². The molecule has 0 amide bonds. The largest absolute Gasteiger partial charge is 0.490 e. The van der Waals surface area contributed by atoms with Gasteiger partial charge in [0.05, 0.1) is 32.2 Å². The fourth-order valence-corrected chi connectivity index (χ4v) is 5.36. The van der Waals surface area contributed by atoms with Gasteiger partial charge in [0.2, 0.25) is 0 Å². The van der Waals surface area contributed by atoms with Crippen LogP contribution in [0.5, 0.6) is 11.5 Å². The van der Waals surface area contributed by atoms with E-state index in [4.69, 9.17) is 32.7 Å². The zero-order valence-electron chi connectivity index (χ0n) is 19.5. The smallest absolute Gasteiger partial charge is 0.274 e. The maximum Gasteiger partial charge on any atom is 0.274 e. The Labute approximate surface area is 221 Å². The van der Waals surface area contributed by atoms with Crippen molar-refractivity contribution in [3.8, 4) is 11.5 Å². The third kappa shape index (κ3) is 4.72. The highest BCUT2D eigenvalue weighted by Crippen LogP contribution is 2.35. The highest BCUT2D eigenvalue weighted by molar-refractivity contribution is 7.15. The first-order valence-electron chi connectivity index (χ1n) is 11.4. The molecule has 5 aromatic rings. The summed E-state index contributed by atoms with van der Waals surface area (Å²) in [7, 11) is 0. The van der Waals surface area contributed by atoms with E-state index in [9.17, 15) is 4.79 Å². The van der Waals surface area contributed by atoms with Crippen LogP contribution in [0.2, 0.25) is 10.0 Å². The first-order chi connectivity index (χ1) is 17.5. The number of nitrogens with zero attached hydrogens (tertiary/aromatic N) is 2. The monoisotopic (exact) mass is 536 g/mol. The average Bonchev–Trinajstić information content (AvgIpc) is 3.37. The minimum Gasteiger partial charge on any atom is -0.490 e. The Kier molecular flexibility index (Phi) is 7.01. The fourth-order valence-electron chi connectivity index (χ4n) is 4.05. The van der Waals surface area contributed by atoms with Gasteiger partial charge in [-0.25, -0.2) is 9.38 Å². The van der Waals surface area contributed by atoms with Gasteiger partial charge in [0.1, 0.15) is 6.61 Å². The van der Waals surface area contributed by atoms with Crippen LogP contribution in [-0.4, -0.2) is 16.0 Å². The van der Waals surface area contributed by atoms with Crippen LogP contribution in [0.4, 0.5) is 0 Å². The van der Waals surface area contributed by atoms with Gasteiger partial charge in [0.25, 0.3) is 5.56 Å². The van der Waals surface area contributed by atoms with Crippen LogP contribution in [0.25, 0.3) is 22.1 Å². The molecule has 5 nitrogen and oxygen atoms in total. The average molecular weight is 537 g/mol. The summed E-state index contributed by atoms with van der Waals surface area (Å²) in [4.78, 5) is 18.5. The molecule has 0 aliphatic carbocycles. The SMILES string of the molecule is C=CCc1cc(C=c2sc3nc4ccccc4n3c2=O)cc(OCC)c1OCc1ccc(Cl)c(Cl)c1. The summed E-state index contributed by atoms with van der Waals surface area (Å²) in [5.41, 5.74) is 4.15. The summed E-state index contributed by atoms with van der Waals surface area (Å²) in [6.45, 7) is 6.57. The number of benzene rings is 3. The lowest BCUT2D eigenvalue weighted by Crippen LogP contribution is -2.22. The molecular weight excluding hydrogens is 515 g/mol. The van der Waals surface area contributed by atoms with E-state index in [0.29, 0.717) is 50.7 Å². The van der Waals surface area contributed by atoms with Gasteiger partial charge in [-0.1, -0.05) is 58.8 Å². The van der Waals surface area contributed by atoms with E-state index in [1.165, 1.54) is 11.3 Å². The molecule has 5 rings (SSSR count). The van der Waals surface area contributed by atoms with Gasteiger partial charge >= 0.3 is 0 Å². The van der Waals surface area contributed by atoms with Gasteiger partial charge in [-0.3, -0.25) is 4.79 Å². The number of ether oxygens (including phenoxy) is 2. The van der Waals surface area contributed by atoms with Crippen LogP contribution >= 0.6 is 34.5 Å². The molecule has 0 radical (unpaired) electrons. The number of hydrogen-bond donors (Lipinski definition) is 0. The van der Waals surface area contributed by atoms with Crippen molar-refractivity contribution in [2.75, 3.05) is 6.61 Å². The second kappa shape index (κ2) is 10.3. The number of rotatable bonds is 8. The number of halogens is 2. The zero-order chi connectivity index (χ0) is 25.2. The second-order valence-electron chi connectivity index (χ2n) is 8.10. The maximum atomic E-state index is 13.2. The Morgan fingerprint density at radius 2 is 1.92 bits per heavy atom. The molecule has 0 bridgehead atoms. The first-order valence-corrected chi connectivity index (χ1v) is 12.9. The van der Waals surface area contributed by atoms with Crippen LogP contribution in [-0.2, 0) is 13.0 Å². The van der Waals surface area contributed by atoms with Crippen molar-refractivity contribution in [2.24, 2.45) is 0 Å². The topological polar surface area (TPSA) is 52.8 Å². The van der Waals surface area contributed by atoms with Crippen molar-refractivity contribution in [2.45, 2.75) is 20.0 Å². The van der Waals surface area contributed by atoms with Crippen molar-refractivity contribution in [1.82, 2.24) is 9.38 Å². The normalized spacial score (nSPS) is 11.9. The predicted molar refractivity (Wildman–Crippen MR) is 148 cm³/mol. The highest BCUT2D eigenvalue weighted by Gasteiger charge is 2.15. The van der Waals surface area contributed by atoms with Crippen LogP contribution in [0.3, 0.4) is 0 Å². The van der Waals surface area contributed by atoms with E-state index in [2.05, 4.69) is 11.6 Å². The van der Waals surface area contributed by atoms with Crippen molar-refractivity contribution in [3.63, 3.8) is 0 Å². The maximum absolute atomic E-state index is 13.2. The fraction of sp³-hybridized carbons (Fsp3) is 0.143.